The van der Waals surface area contributed by atoms with Crippen molar-refractivity contribution in [3.05, 3.63) is 70.8 Å². The maximum Gasteiger partial charge on any atom is 0.251 e. The fourth-order valence-electron chi connectivity index (χ4n) is 3.87. The van der Waals surface area contributed by atoms with Gasteiger partial charge in [0.1, 0.15) is 0 Å². The summed E-state index contributed by atoms with van der Waals surface area (Å²) in [7, 11) is -3.08. The van der Waals surface area contributed by atoms with Crippen molar-refractivity contribution < 1.29 is 13.2 Å². The molecule has 0 atom stereocenters. The summed E-state index contributed by atoms with van der Waals surface area (Å²) in [5.74, 6) is 0.114. The molecule has 1 aliphatic carbocycles. The number of hydrogen-bond acceptors (Lipinski definition) is 3. The van der Waals surface area contributed by atoms with Crippen LogP contribution in [-0.4, -0.2) is 25.6 Å². The van der Waals surface area contributed by atoms with Gasteiger partial charge < -0.3 is 5.32 Å². The number of nitrogens with one attached hydrogen (secondary N) is 1. The third kappa shape index (κ3) is 6.43. The molecule has 0 radical (unpaired) electrons. The van der Waals surface area contributed by atoms with Crippen molar-refractivity contribution in [2.75, 3.05) is 0 Å². The second-order valence-electron chi connectivity index (χ2n) is 8.68. The molecule has 30 heavy (non-hydrogen) atoms. The first-order chi connectivity index (χ1) is 14.3. The molecule has 2 aromatic rings. The fourth-order valence-corrected chi connectivity index (χ4v) is 4.86. The Hall–Kier alpha value is -2.14. The Balaban J connectivity index is 1.55. The van der Waals surface area contributed by atoms with E-state index in [4.69, 9.17) is 0 Å². The van der Waals surface area contributed by atoms with Gasteiger partial charge in [-0.2, -0.15) is 0 Å². The minimum Gasteiger partial charge on any atom is -0.349 e. The number of rotatable bonds is 8. The summed E-state index contributed by atoms with van der Waals surface area (Å²) in [6.45, 7) is 3.43. The molecule has 3 rings (SSSR count). The van der Waals surface area contributed by atoms with E-state index in [9.17, 15) is 13.2 Å². The Bertz CT molecular complexity index is 943. The highest BCUT2D eigenvalue weighted by Gasteiger charge is 2.17. The van der Waals surface area contributed by atoms with Crippen molar-refractivity contribution in [3.63, 3.8) is 0 Å². The second-order valence-corrected chi connectivity index (χ2v) is 11.2. The van der Waals surface area contributed by atoms with Crippen molar-refractivity contribution in [1.82, 2.24) is 5.32 Å². The second kappa shape index (κ2) is 10.3. The Morgan fingerprint density at radius 1 is 0.933 bits per heavy atom. The molecule has 0 aromatic heterocycles. The van der Waals surface area contributed by atoms with Crippen molar-refractivity contribution in [2.45, 2.75) is 75.8 Å². The van der Waals surface area contributed by atoms with Crippen molar-refractivity contribution in [1.29, 1.82) is 0 Å². The fraction of sp³-hybridized carbons (Fsp3) is 0.480. The standard InChI is InChI=1S/C25H33NO3S/c1-19(2)30(28,29)18-22-15-12-20(13-16-22)11-14-21-7-6-8-23(17-21)25(27)26-24-9-4-3-5-10-24/h6-8,12-13,15-17,19,24H,3-5,9-11,14,18H2,1-2H3,(H,26,27). The van der Waals surface area contributed by atoms with E-state index in [-0.39, 0.29) is 16.9 Å². The van der Waals surface area contributed by atoms with E-state index in [2.05, 4.69) is 11.4 Å². The van der Waals surface area contributed by atoms with Crippen LogP contribution in [0.2, 0.25) is 0 Å². The summed E-state index contributed by atoms with van der Waals surface area (Å²) in [5, 5.41) is 2.82. The average Bonchev–Trinajstić information content (AvgIpc) is 2.74. The van der Waals surface area contributed by atoms with E-state index >= 15 is 0 Å². The van der Waals surface area contributed by atoms with E-state index in [1.54, 1.807) is 13.8 Å². The SMILES string of the molecule is CC(C)S(=O)(=O)Cc1ccc(CCc2cccc(C(=O)NC3CCCCC3)c2)cc1. The number of hydrogen-bond donors (Lipinski definition) is 1. The molecular weight excluding hydrogens is 394 g/mol. The molecular formula is C25H33NO3S. The van der Waals surface area contributed by atoms with Crippen LogP contribution >= 0.6 is 0 Å². The number of carbonyl (C=O) groups excluding carboxylic acids is 1. The lowest BCUT2D eigenvalue weighted by molar-refractivity contribution is 0.0927. The summed E-state index contributed by atoms with van der Waals surface area (Å²) < 4.78 is 24.2. The van der Waals surface area contributed by atoms with E-state index in [1.807, 2.05) is 42.5 Å². The van der Waals surface area contributed by atoms with Crippen molar-refractivity contribution in [2.24, 2.45) is 0 Å². The number of amides is 1. The van der Waals surface area contributed by atoms with E-state index in [0.29, 0.717) is 6.04 Å². The topological polar surface area (TPSA) is 63.2 Å². The maximum absolute atomic E-state index is 12.6. The van der Waals surface area contributed by atoms with Gasteiger partial charge in [-0.15, -0.1) is 0 Å². The summed E-state index contributed by atoms with van der Waals surface area (Å²) in [6.07, 6.45) is 7.54. The highest BCUT2D eigenvalue weighted by Crippen LogP contribution is 2.18. The molecule has 0 heterocycles. The van der Waals surface area contributed by atoms with Gasteiger partial charge in [0.25, 0.3) is 5.91 Å². The number of aryl methyl sites for hydroxylation is 2. The van der Waals surface area contributed by atoms with Gasteiger partial charge in [0.2, 0.25) is 0 Å². The van der Waals surface area contributed by atoms with Crippen LogP contribution in [0.3, 0.4) is 0 Å². The summed E-state index contributed by atoms with van der Waals surface area (Å²) in [4.78, 5) is 12.6. The van der Waals surface area contributed by atoms with Crippen LogP contribution in [0.25, 0.3) is 0 Å². The molecule has 1 saturated carbocycles. The molecule has 1 aliphatic rings. The highest BCUT2D eigenvalue weighted by molar-refractivity contribution is 7.91. The predicted molar refractivity (Wildman–Crippen MR) is 122 cm³/mol. The summed E-state index contributed by atoms with van der Waals surface area (Å²) >= 11 is 0. The van der Waals surface area contributed by atoms with E-state index in [0.717, 1.165) is 47.9 Å². The Morgan fingerprint density at radius 2 is 1.57 bits per heavy atom. The highest BCUT2D eigenvalue weighted by atomic mass is 32.2. The molecule has 5 heteroatoms. The van der Waals surface area contributed by atoms with Crippen LogP contribution in [0.15, 0.2) is 48.5 Å². The van der Waals surface area contributed by atoms with Gasteiger partial charge in [-0.1, -0.05) is 55.7 Å². The first-order valence-electron chi connectivity index (χ1n) is 11.0. The molecule has 0 spiro atoms. The monoisotopic (exact) mass is 427 g/mol. The molecule has 1 fully saturated rings. The molecule has 1 amide bonds. The van der Waals surface area contributed by atoms with Gasteiger partial charge in [-0.05, 0) is 68.4 Å². The smallest absolute Gasteiger partial charge is 0.251 e. The lowest BCUT2D eigenvalue weighted by Gasteiger charge is -2.22. The summed E-state index contributed by atoms with van der Waals surface area (Å²) in [5.41, 5.74) is 3.86. The third-order valence-corrected chi connectivity index (χ3v) is 8.11. The molecule has 0 unspecified atom stereocenters. The number of benzene rings is 2. The van der Waals surface area contributed by atoms with Gasteiger partial charge >= 0.3 is 0 Å². The van der Waals surface area contributed by atoms with Crippen molar-refractivity contribution in [3.8, 4) is 0 Å². The molecule has 0 bridgehead atoms. The number of carbonyl (C=O) groups is 1. The first kappa shape index (κ1) is 22.5. The van der Waals surface area contributed by atoms with Gasteiger partial charge in [-0.3, -0.25) is 4.79 Å². The Morgan fingerprint density at radius 3 is 2.23 bits per heavy atom. The Kier molecular flexibility index (Phi) is 7.70. The zero-order valence-electron chi connectivity index (χ0n) is 18.1. The van der Waals surface area contributed by atoms with Crippen LogP contribution in [-0.2, 0) is 28.4 Å². The lowest BCUT2D eigenvalue weighted by Crippen LogP contribution is -2.36. The van der Waals surface area contributed by atoms with Gasteiger partial charge in [0.15, 0.2) is 9.84 Å². The molecule has 4 nitrogen and oxygen atoms in total. The van der Waals surface area contributed by atoms with E-state index in [1.165, 1.54) is 19.3 Å². The average molecular weight is 428 g/mol. The Labute approximate surface area is 181 Å². The minimum absolute atomic E-state index is 0.0273. The first-order valence-corrected chi connectivity index (χ1v) is 12.7. The third-order valence-electron chi connectivity index (χ3n) is 5.94. The van der Waals surface area contributed by atoms with Gasteiger partial charge in [0, 0.05) is 11.6 Å². The zero-order valence-corrected chi connectivity index (χ0v) is 18.9. The largest absolute Gasteiger partial charge is 0.349 e. The minimum atomic E-state index is -3.08. The molecule has 2 aromatic carbocycles. The molecule has 0 aliphatic heterocycles. The van der Waals surface area contributed by atoms with E-state index < -0.39 is 9.84 Å². The molecule has 0 saturated heterocycles. The quantitative estimate of drug-likeness (QED) is 0.654. The van der Waals surface area contributed by atoms with Gasteiger partial charge in [-0.25, -0.2) is 8.42 Å². The van der Waals surface area contributed by atoms with Crippen LogP contribution in [0.1, 0.15) is 73.0 Å². The maximum atomic E-state index is 12.6. The van der Waals surface area contributed by atoms with Crippen LogP contribution in [0, 0.1) is 0 Å². The van der Waals surface area contributed by atoms with Crippen LogP contribution < -0.4 is 5.32 Å². The zero-order chi connectivity index (χ0) is 21.6. The number of sulfone groups is 1. The van der Waals surface area contributed by atoms with Crippen LogP contribution in [0.4, 0.5) is 0 Å². The normalized spacial score (nSPS) is 15.3. The summed E-state index contributed by atoms with van der Waals surface area (Å²) in [6, 6.07) is 16.0. The predicted octanol–water partition coefficient (Wildman–Crippen LogP) is 4.86. The van der Waals surface area contributed by atoms with Crippen molar-refractivity contribution >= 4 is 15.7 Å². The molecule has 1 N–H and O–H groups in total. The lowest BCUT2D eigenvalue weighted by atomic mass is 9.95. The van der Waals surface area contributed by atoms with Gasteiger partial charge in [0.05, 0.1) is 11.0 Å². The van der Waals surface area contributed by atoms with Crippen LogP contribution in [0.5, 0.6) is 0 Å². The molecule has 162 valence electrons.